The van der Waals surface area contributed by atoms with Crippen molar-refractivity contribution >= 4 is 41.3 Å². The number of hydrogen-bond donors (Lipinski definition) is 1. The number of nitrogens with one attached hydrogen (secondary N) is 1. The molecule has 7 heteroatoms. The molecular formula is C16H27IN4OS. The van der Waals surface area contributed by atoms with Crippen molar-refractivity contribution in [2.24, 2.45) is 16.3 Å². The maximum absolute atomic E-state index is 5.87. The highest BCUT2D eigenvalue weighted by Crippen LogP contribution is 2.52. The van der Waals surface area contributed by atoms with Gasteiger partial charge in [-0.1, -0.05) is 13.8 Å². The molecule has 1 aromatic rings. The minimum atomic E-state index is 0. The molecule has 0 aromatic carbocycles. The van der Waals surface area contributed by atoms with E-state index in [0.717, 1.165) is 36.2 Å². The molecular weight excluding hydrogens is 423 g/mol. The summed E-state index contributed by atoms with van der Waals surface area (Å²) in [6.07, 6.45) is 1.55. The molecule has 0 radical (unpaired) electrons. The Morgan fingerprint density at radius 3 is 2.91 bits per heavy atom. The molecule has 2 aliphatic rings. The maximum atomic E-state index is 5.87. The number of aryl methyl sites for hydroxylation is 1. The fourth-order valence-corrected chi connectivity index (χ4v) is 4.50. The summed E-state index contributed by atoms with van der Waals surface area (Å²) in [5.74, 6) is 1.55. The standard InChI is InChI=1S/C16H26N4OS.HI/c1-10-18-11(9-22-10)8-20(5)15(17-4)19-13-12-6-7-21-14(12)16(13,2)3;/h9,12-14H,6-8H2,1-5H3,(H,17,19);1H. The highest BCUT2D eigenvalue weighted by atomic mass is 127. The van der Waals surface area contributed by atoms with Crippen LogP contribution in [0, 0.1) is 18.3 Å². The number of fused-ring (bicyclic) bond motifs is 1. The minimum Gasteiger partial charge on any atom is -0.377 e. The number of hydrogen-bond acceptors (Lipinski definition) is 4. The Bertz CT molecular complexity index is 574. The van der Waals surface area contributed by atoms with E-state index in [1.165, 1.54) is 0 Å². The normalized spacial score (nSPS) is 28.6. The fourth-order valence-electron chi connectivity index (χ4n) is 3.90. The number of rotatable bonds is 3. The molecule has 0 bridgehead atoms. The van der Waals surface area contributed by atoms with Crippen LogP contribution in [0.2, 0.25) is 0 Å². The number of halogens is 1. The molecule has 3 atom stereocenters. The summed E-state index contributed by atoms with van der Waals surface area (Å²) in [5.41, 5.74) is 1.26. The first-order valence-corrected chi connectivity index (χ1v) is 8.78. The van der Waals surface area contributed by atoms with Gasteiger partial charge < -0.3 is 15.0 Å². The van der Waals surface area contributed by atoms with Gasteiger partial charge in [0.15, 0.2) is 5.96 Å². The van der Waals surface area contributed by atoms with Crippen LogP contribution in [-0.4, -0.2) is 48.7 Å². The summed E-state index contributed by atoms with van der Waals surface area (Å²) in [6, 6.07) is 0.429. The van der Waals surface area contributed by atoms with Crippen molar-refractivity contribution in [1.29, 1.82) is 0 Å². The third-order valence-electron chi connectivity index (χ3n) is 5.02. The Labute approximate surface area is 159 Å². The van der Waals surface area contributed by atoms with Crippen molar-refractivity contribution in [2.75, 3.05) is 20.7 Å². The third kappa shape index (κ3) is 3.51. The van der Waals surface area contributed by atoms with Crippen molar-refractivity contribution < 1.29 is 4.74 Å². The number of thiazole rings is 1. The summed E-state index contributed by atoms with van der Waals surface area (Å²) in [5, 5.41) is 6.89. The van der Waals surface area contributed by atoms with Gasteiger partial charge in [-0.25, -0.2) is 4.98 Å². The van der Waals surface area contributed by atoms with E-state index in [1.807, 2.05) is 14.0 Å². The van der Waals surface area contributed by atoms with Crippen molar-refractivity contribution in [3.63, 3.8) is 0 Å². The van der Waals surface area contributed by atoms with Crippen LogP contribution < -0.4 is 5.32 Å². The average molecular weight is 450 g/mol. The minimum absolute atomic E-state index is 0. The van der Waals surface area contributed by atoms with E-state index in [9.17, 15) is 0 Å². The van der Waals surface area contributed by atoms with Gasteiger partial charge in [0.05, 0.1) is 23.4 Å². The summed E-state index contributed by atoms with van der Waals surface area (Å²) in [6.45, 7) is 8.28. The largest absolute Gasteiger partial charge is 0.377 e. The molecule has 1 saturated heterocycles. The topological polar surface area (TPSA) is 49.8 Å². The second kappa shape index (κ2) is 7.23. The average Bonchev–Trinajstić information content (AvgIpc) is 3.07. The molecule has 5 nitrogen and oxygen atoms in total. The van der Waals surface area contributed by atoms with Gasteiger partial charge >= 0.3 is 0 Å². The first kappa shape index (κ1) is 18.9. The van der Waals surface area contributed by atoms with Gasteiger partial charge in [-0.3, -0.25) is 4.99 Å². The Hall–Kier alpha value is -0.410. The lowest BCUT2D eigenvalue weighted by Crippen LogP contribution is -2.67. The number of ether oxygens (including phenoxy) is 1. The lowest BCUT2D eigenvalue weighted by Gasteiger charge is -2.55. The van der Waals surface area contributed by atoms with Gasteiger partial charge in [0, 0.05) is 43.5 Å². The highest BCUT2D eigenvalue weighted by molar-refractivity contribution is 14.0. The smallest absolute Gasteiger partial charge is 0.193 e. The number of guanidine groups is 1. The lowest BCUT2D eigenvalue weighted by molar-refractivity contribution is -0.107. The molecule has 0 spiro atoms. The van der Waals surface area contributed by atoms with Crippen molar-refractivity contribution in [3.8, 4) is 0 Å². The molecule has 1 N–H and O–H groups in total. The maximum Gasteiger partial charge on any atom is 0.193 e. The SMILES string of the molecule is CN=C(NC1C2CCOC2C1(C)C)N(C)Cc1csc(C)n1.I. The van der Waals surface area contributed by atoms with E-state index in [1.54, 1.807) is 11.3 Å². The number of aliphatic imine (C=N–C) groups is 1. The molecule has 1 aliphatic heterocycles. The molecule has 2 fully saturated rings. The van der Waals surface area contributed by atoms with Gasteiger partial charge in [-0.2, -0.15) is 0 Å². The Balaban J connectivity index is 0.00000192. The van der Waals surface area contributed by atoms with Crippen LogP contribution >= 0.6 is 35.3 Å². The van der Waals surface area contributed by atoms with Crippen LogP contribution in [-0.2, 0) is 11.3 Å². The molecule has 3 unspecified atom stereocenters. The lowest BCUT2D eigenvalue weighted by atomic mass is 9.57. The van der Waals surface area contributed by atoms with E-state index in [-0.39, 0.29) is 29.4 Å². The van der Waals surface area contributed by atoms with Gasteiger partial charge in [0.1, 0.15) is 0 Å². The van der Waals surface area contributed by atoms with E-state index >= 15 is 0 Å². The molecule has 1 aromatic heterocycles. The monoisotopic (exact) mass is 450 g/mol. The zero-order valence-corrected chi connectivity index (χ0v) is 17.6. The fraction of sp³-hybridized carbons (Fsp3) is 0.750. The first-order valence-electron chi connectivity index (χ1n) is 7.90. The van der Waals surface area contributed by atoms with Crippen LogP contribution in [0.1, 0.15) is 31.0 Å². The number of nitrogens with zero attached hydrogens (tertiary/aromatic N) is 3. The van der Waals surface area contributed by atoms with Gasteiger partial charge in [0.25, 0.3) is 0 Å². The highest BCUT2D eigenvalue weighted by Gasteiger charge is 2.59. The van der Waals surface area contributed by atoms with E-state index in [4.69, 9.17) is 4.74 Å². The Morgan fingerprint density at radius 2 is 2.30 bits per heavy atom. The Kier molecular flexibility index (Phi) is 5.94. The molecule has 130 valence electrons. The van der Waals surface area contributed by atoms with Crippen LogP contribution in [0.5, 0.6) is 0 Å². The second-order valence-electron chi connectivity index (χ2n) is 6.95. The van der Waals surface area contributed by atoms with Gasteiger partial charge in [-0.05, 0) is 13.3 Å². The first-order chi connectivity index (χ1) is 10.4. The predicted molar refractivity (Wildman–Crippen MR) is 106 cm³/mol. The second-order valence-corrected chi connectivity index (χ2v) is 8.01. The Morgan fingerprint density at radius 1 is 1.57 bits per heavy atom. The van der Waals surface area contributed by atoms with Crippen LogP contribution in [0.25, 0.3) is 0 Å². The summed E-state index contributed by atoms with van der Waals surface area (Å²) >= 11 is 1.69. The van der Waals surface area contributed by atoms with Gasteiger partial charge in [-0.15, -0.1) is 35.3 Å². The van der Waals surface area contributed by atoms with E-state index < -0.39 is 0 Å². The molecule has 2 heterocycles. The summed E-state index contributed by atoms with van der Waals surface area (Å²) in [7, 11) is 3.91. The zero-order valence-electron chi connectivity index (χ0n) is 14.5. The predicted octanol–water partition coefficient (Wildman–Crippen LogP) is 2.89. The molecule has 0 amide bonds. The van der Waals surface area contributed by atoms with E-state index in [2.05, 4.69) is 46.5 Å². The van der Waals surface area contributed by atoms with Crippen molar-refractivity contribution in [1.82, 2.24) is 15.2 Å². The van der Waals surface area contributed by atoms with Crippen molar-refractivity contribution in [3.05, 3.63) is 16.1 Å². The quantitative estimate of drug-likeness (QED) is 0.437. The molecule has 1 saturated carbocycles. The summed E-state index contributed by atoms with van der Waals surface area (Å²) < 4.78 is 5.87. The zero-order chi connectivity index (χ0) is 15.9. The molecule has 1 aliphatic carbocycles. The number of aromatic nitrogens is 1. The molecule has 23 heavy (non-hydrogen) atoms. The van der Waals surface area contributed by atoms with Crippen LogP contribution in [0.15, 0.2) is 10.4 Å². The molecule has 3 rings (SSSR count). The van der Waals surface area contributed by atoms with Crippen LogP contribution in [0.4, 0.5) is 0 Å². The van der Waals surface area contributed by atoms with Crippen molar-refractivity contribution in [2.45, 2.75) is 45.9 Å². The van der Waals surface area contributed by atoms with Crippen LogP contribution in [0.3, 0.4) is 0 Å². The third-order valence-corrected chi connectivity index (χ3v) is 5.85. The summed E-state index contributed by atoms with van der Waals surface area (Å²) in [4.78, 5) is 11.1. The van der Waals surface area contributed by atoms with Gasteiger partial charge in [0.2, 0.25) is 0 Å². The van der Waals surface area contributed by atoms with E-state index in [0.29, 0.717) is 18.1 Å².